The minimum Gasteiger partial charge on any atom is -0.490 e. The van der Waals surface area contributed by atoms with E-state index >= 15 is 0 Å². The first kappa shape index (κ1) is 49.8. The number of hydrogen-bond donors (Lipinski definition) is 0. The third-order valence-electron chi connectivity index (χ3n) is 10.1. The van der Waals surface area contributed by atoms with Crippen LogP contribution in [0.2, 0.25) is 0 Å². The molecule has 0 unspecified atom stereocenters. The van der Waals surface area contributed by atoms with E-state index in [0.29, 0.717) is 37.1 Å². The Bertz CT molecular complexity index is 978. The molecular formula is C49H88O5. The summed E-state index contributed by atoms with van der Waals surface area (Å²) in [5.41, 5.74) is 0.309. The Kier molecular flexibility index (Phi) is 32.5. The minimum atomic E-state index is -0.541. The highest BCUT2D eigenvalue weighted by Crippen LogP contribution is 2.40. The molecule has 314 valence electrons. The van der Waals surface area contributed by atoms with Crippen molar-refractivity contribution in [3.8, 4) is 17.2 Å². The third-order valence-corrected chi connectivity index (χ3v) is 10.1. The van der Waals surface area contributed by atoms with Crippen LogP contribution in [0.25, 0.3) is 6.08 Å². The SMILES string of the molecule is CCCCCCCCCCCCOc1cc(C=CC(=O)OC(C)(C)C)cc(OCCCCCCCCCCCC)c1OCCCCCCCCCCCC. The van der Waals surface area contributed by atoms with Crippen LogP contribution < -0.4 is 14.2 Å². The standard InChI is InChI=1S/C49H88O5/c1-7-10-13-16-19-22-25-28-31-34-39-51-45-42-44(37-38-47(50)54-49(4,5)6)43-46(52-40-35-32-29-26-23-20-17-14-11-8-2)48(45)53-41-36-33-30-27-24-21-18-15-12-9-3/h37-38,42-43H,7-36,39-41H2,1-6H3. The van der Waals surface area contributed by atoms with E-state index in [9.17, 15) is 4.79 Å². The molecule has 0 fully saturated rings. The predicted molar refractivity (Wildman–Crippen MR) is 233 cm³/mol. The van der Waals surface area contributed by atoms with E-state index in [4.69, 9.17) is 18.9 Å². The maximum atomic E-state index is 12.6. The van der Waals surface area contributed by atoms with E-state index in [-0.39, 0.29) is 5.97 Å². The van der Waals surface area contributed by atoms with Gasteiger partial charge in [0.15, 0.2) is 11.5 Å². The van der Waals surface area contributed by atoms with Crippen LogP contribution in [0.4, 0.5) is 0 Å². The summed E-state index contributed by atoms with van der Waals surface area (Å²) in [6, 6.07) is 4.00. The average molecular weight is 757 g/mol. The van der Waals surface area contributed by atoms with E-state index in [1.54, 1.807) is 6.08 Å². The Morgan fingerprint density at radius 1 is 0.463 bits per heavy atom. The summed E-state index contributed by atoms with van der Waals surface area (Å²) in [7, 11) is 0. The maximum absolute atomic E-state index is 12.6. The maximum Gasteiger partial charge on any atom is 0.331 e. The molecule has 0 saturated heterocycles. The van der Waals surface area contributed by atoms with Crippen molar-refractivity contribution in [2.75, 3.05) is 19.8 Å². The molecule has 0 spiro atoms. The number of benzene rings is 1. The van der Waals surface area contributed by atoms with Crippen LogP contribution in [0.1, 0.15) is 240 Å². The van der Waals surface area contributed by atoms with Gasteiger partial charge in [-0.15, -0.1) is 0 Å². The molecule has 54 heavy (non-hydrogen) atoms. The summed E-state index contributed by atoms with van der Waals surface area (Å²) in [4.78, 5) is 12.6. The molecule has 0 amide bonds. The fourth-order valence-corrected chi connectivity index (χ4v) is 6.86. The van der Waals surface area contributed by atoms with Gasteiger partial charge in [0.05, 0.1) is 19.8 Å². The lowest BCUT2D eigenvalue weighted by Gasteiger charge is -2.19. The highest BCUT2D eigenvalue weighted by atomic mass is 16.6. The van der Waals surface area contributed by atoms with Gasteiger partial charge in [-0.05, 0) is 63.8 Å². The molecule has 0 aromatic heterocycles. The van der Waals surface area contributed by atoms with Crippen LogP contribution >= 0.6 is 0 Å². The lowest BCUT2D eigenvalue weighted by molar-refractivity contribution is -0.148. The highest BCUT2D eigenvalue weighted by molar-refractivity contribution is 5.87. The molecule has 1 aromatic carbocycles. The summed E-state index contributed by atoms with van der Waals surface area (Å²) < 4.78 is 25.0. The zero-order valence-corrected chi connectivity index (χ0v) is 36.7. The van der Waals surface area contributed by atoms with Gasteiger partial charge >= 0.3 is 5.97 Å². The second-order valence-electron chi connectivity index (χ2n) is 16.8. The molecule has 0 aliphatic heterocycles. The zero-order chi connectivity index (χ0) is 39.4. The quantitative estimate of drug-likeness (QED) is 0.0382. The summed E-state index contributed by atoms with van der Waals surface area (Å²) in [6.07, 6.45) is 42.0. The molecule has 5 nitrogen and oxygen atoms in total. The van der Waals surface area contributed by atoms with Crippen molar-refractivity contribution >= 4 is 12.0 Å². The largest absolute Gasteiger partial charge is 0.490 e. The Labute approximate surface area is 335 Å². The number of ether oxygens (including phenoxy) is 4. The summed E-state index contributed by atoms with van der Waals surface area (Å²) in [5.74, 6) is 1.77. The fraction of sp³-hybridized carbons (Fsp3) is 0.816. The van der Waals surface area contributed by atoms with Gasteiger partial charge in [0.2, 0.25) is 5.75 Å². The first-order chi connectivity index (χ1) is 26.3. The number of hydrogen-bond acceptors (Lipinski definition) is 5. The van der Waals surface area contributed by atoms with Crippen molar-refractivity contribution in [3.63, 3.8) is 0 Å². The Hall–Kier alpha value is -2.17. The highest BCUT2D eigenvalue weighted by Gasteiger charge is 2.17. The first-order valence-electron chi connectivity index (χ1n) is 23.3. The molecule has 0 radical (unpaired) electrons. The van der Waals surface area contributed by atoms with Crippen molar-refractivity contribution in [2.24, 2.45) is 0 Å². The number of rotatable bonds is 38. The molecule has 0 saturated carbocycles. The summed E-state index contributed by atoms with van der Waals surface area (Å²) in [6.45, 7) is 14.4. The van der Waals surface area contributed by atoms with Crippen molar-refractivity contribution in [2.45, 2.75) is 240 Å². The molecule has 0 aliphatic rings. The molecule has 0 heterocycles. The molecule has 5 heteroatoms. The van der Waals surface area contributed by atoms with Gasteiger partial charge in [0.1, 0.15) is 5.60 Å². The number of unbranched alkanes of at least 4 members (excludes halogenated alkanes) is 27. The second kappa shape index (κ2) is 35.3. The van der Waals surface area contributed by atoms with E-state index in [0.717, 1.165) is 24.8 Å². The Morgan fingerprint density at radius 3 is 1.07 bits per heavy atom. The lowest BCUT2D eigenvalue weighted by atomic mass is 10.1. The van der Waals surface area contributed by atoms with Crippen molar-refractivity contribution in [3.05, 3.63) is 23.8 Å². The van der Waals surface area contributed by atoms with Gasteiger partial charge in [-0.25, -0.2) is 4.79 Å². The lowest BCUT2D eigenvalue weighted by Crippen LogP contribution is -2.22. The predicted octanol–water partition coefficient (Wildman–Crippen LogP) is 15.9. The average Bonchev–Trinajstić information content (AvgIpc) is 3.14. The molecule has 0 aliphatic carbocycles. The molecule has 0 N–H and O–H groups in total. The van der Waals surface area contributed by atoms with Crippen LogP contribution in [0.15, 0.2) is 18.2 Å². The van der Waals surface area contributed by atoms with E-state index in [1.807, 2.05) is 32.9 Å². The Morgan fingerprint density at radius 2 is 0.759 bits per heavy atom. The number of carbonyl (C=O) groups excluding carboxylic acids is 1. The van der Waals surface area contributed by atoms with Gasteiger partial charge in [-0.2, -0.15) is 0 Å². The van der Waals surface area contributed by atoms with Crippen LogP contribution in [0.5, 0.6) is 17.2 Å². The Balaban J connectivity index is 2.89. The van der Waals surface area contributed by atoms with E-state index in [1.165, 1.54) is 179 Å². The van der Waals surface area contributed by atoms with Gasteiger partial charge in [0.25, 0.3) is 0 Å². The van der Waals surface area contributed by atoms with Crippen molar-refractivity contribution in [1.82, 2.24) is 0 Å². The van der Waals surface area contributed by atoms with Gasteiger partial charge in [0, 0.05) is 6.08 Å². The second-order valence-corrected chi connectivity index (χ2v) is 16.8. The number of carbonyl (C=O) groups is 1. The van der Waals surface area contributed by atoms with Crippen LogP contribution in [0, 0.1) is 0 Å². The van der Waals surface area contributed by atoms with Crippen LogP contribution in [-0.2, 0) is 9.53 Å². The minimum absolute atomic E-state index is 0.357. The van der Waals surface area contributed by atoms with Gasteiger partial charge in [-0.1, -0.05) is 194 Å². The van der Waals surface area contributed by atoms with E-state index < -0.39 is 5.60 Å². The zero-order valence-electron chi connectivity index (χ0n) is 36.7. The fourth-order valence-electron chi connectivity index (χ4n) is 6.86. The van der Waals surface area contributed by atoms with Gasteiger partial charge in [-0.3, -0.25) is 0 Å². The van der Waals surface area contributed by atoms with Crippen LogP contribution in [-0.4, -0.2) is 31.4 Å². The van der Waals surface area contributed by atoms with Gasteiger partial charge < -0.3 is 18.9 Å². The summed E-state index contributed by atoms with van der Waals surface area (Å²) in [5, 5.41) is 0. The third kappa shape index (κ3) is 30.1. The van der Waals surface area contributed by atoms with Crippen molar-refractivity contribution in [1.29, 1.82) is 0 Å². The molecule has 1 rings (SSSR count). The molecule has 0 atom stereocenters. The van der Waals surface area contributed by atoms with Crippen LogP contribution in [0.3, 0.4) is 0 Å². The van der Waals surface area contributed by atoms with E-state index in [2.05, 4.69) is 20.8 Å². The normalized spacial score (nSPS) is 11.7. The first-order valence-corrected chi connectivity index (χ1v) is 23.3. The monoisotopic (exact) mass is 757 g/mol. The van der Waals surface area contributed by atoms with Crippen molar-refractivity contribution < 1.29 is 23.7 Å². The number of esters is 1. The topological polar surface area (TPSA) is 54.0 Å². The smallest absolute Gasteiger partial charge is 0.331 e. The molecule has 0 bridgehead atoms. The molecular weight excluding hydrogens is 669 g/mol. The summed E-state index contributed by atoms with van der Waals surface area (Å²) >= 11 is 0. The molecule has 1 aromatic rings.